The highest BCUT2D eigenvalue weighted by molar-refractivity contribution is 7.97. The Kier molecular flexibility index (Phi) is 5.37. The number of aliphatic hydroxyl groups excluding tert-OH is 1. The Morgan fingerprint density at radius 1 is 1.37 bits per heavy atom. The first kappa shape index (κ1) is 14.9. The lowest BCUT2D eigenvalue weighted by atomic mass is 9.77. The van der Waals surface area contributed by atoms with Crippen LogP contribution in [0.15, 0.2) is 16.5 Å². The molecule has 0 radical (unpaired) electrons. The Morgan fingerprint density at radius 2 is 2.05 bits per heavy atom. The van der Waals surface area contributed by atoms with Crippen LogP contribution < -0.4 is 5.32 Å². The first-order chi connectivity index (χ1) is 9.17. The van der Waals surface area contributed by atoms with Gasteiger partial charge < -0.3 is 14.8 Å². The topological polar surface area (TPSA) is 45.4 Å². The quantitative estimate of drug-likeness (QED) is 0.842. The lowest BCUT2D eigenvalue weighted by Gasteiger charge is -2.38. The maximum Gasteiger partial charge on any atom is 0.118 e. The molecule has 2 rings (SSSR count). The Morgan fingerprint density at radius 3 is 2.68 bits per heavy atom. The Bertz CT molecular complexity index is 383. The standard InChI is InChI=1S/C15H25NO2S/c1-12-5-7-15(11-17,8-6-12)16-9-13-3-4-14(18-13)10-19-2/h3-4,12,16-17H,5-11H2,1-2H3. The van der Waals surface area contributed by atoms with Crippen molar-refractivity contribution in [3.05, 3.63) is 23.7 Å². The van der Waals surface area contributed by atoms with Gasteiger partial charge in [-0.05, 0) is 50.0 Å². The molecule has 0 unspecified atom stereocenters. The second kappa shape index (κ2) is 6.82. The van der Waals surface area contributed by atoms with Gasteiger partial charge in [0.15, 0.2) is 0 Å². The van der Waals surface area contributed by atoms with Crippen molar-refractivity contribution in [2.45, 2.75) is 50.4 Å². The molecule has 4 heteroatoms. The third kappa shape index (κ3) is 4.01. The summed E-state index contributed by atoms with van der Waals surface area (Å²) in [5.74, 6) is 3.70. The molecule has 1 aromatic rings. The van der Waals surface area contributed by atoms with Gasteiger partial charge in [-0.25, -0.2) is 0 Å². The number of hydrogen-bond donors (Lipinski definition) is 2. The minimum absolute atomic E-state index is 0.0982. The van der Waals surface area contributed by atoms with Crippen LogP contribution in [0.25, 0.3) is 0 Å². The number of hydrogen-bond acceptors (Lipinski definition) is 4. The molecule has 0 bridgehead atoms. The zero-order valence-corrected chi connectivity index (χ0v) is 12.8. The fourth-order valence-electron chi connectivity index (χ4n) is 2.72. The minimum Gasteiger partial charge on any atom is -0.464 e. The van der Waals surface area contributed by atoms with Gasteiger partial charge in [0.25, 0.3) is 0 Å². The number of aliphatic hydroxyl groups is 1. The largest absolute Gasteiger partial charge is 0.464 e. The first-order valence-corrected chi connectivity index (χ1v) is 8.49. The Hall–Kier alpha value is -0.450. The first-order valence-electron chi connectivity index (χ1n) is 7.10. The molecule has 0 spiro atoms. The monoisotopic (exact) mass is 283 g/mol. The van der Waals surface area contributed by atoms with Crippen molar-refractivity contribution in [2.75, 3.05) is 12.9 Å². The van der Waals surface area contributed by atoms with Gasteiger partial charge in [0.2, 0.25) is 0 Å². The molecule has 108 valence electrons. The van der Waals surface area contributed by atoms with Gasteiger partial charge in [0, 0.05) is 5.54 Å². The van der Waals surface area contributed by atoms with Crippen LogP contribution in [0.3, 0.4) is 0 Å². The molecule has 1 heterocycles. The smallest absolute Gasteiger partial charge is 0.118 e. The number of nitrogens with one attached hydrogen (secondary N) is 1. The van der Waals surface area contributed by atoms with E-state index in [1.165, 1.54) is 12.8 Å². The van der Waals surface area contributed by atoms with E-state index < -0.39 is 0 Å². The van der Waals surface area contributed by atoms with Gasteiger partial charge in [0.05, 0.1) is 18.9 Å². The van der Waals surface area contributed by atoms with Crippen molar-refractivity contribution in [2.24, 2.45) is 5.92 Å². The Labute approximate surface area is 120 Å². The molecule has 2 N–H and O–H groups in total. The molecular formula is C15H25NO2S. The van der Waals surface area contributed by atoms with Gasteiger partial charge in [-0.3, -0.25) is 0 Å². The van der Waals surface area contributed by atoms with Crippen LogP contribution in [0, 0.1) is 5.92 Å². The second-order valence-electron chi connectivity index (χ2n) is 5.78. The van der Waals surface area contributed by atoms with Crippen molar-refractivity contribution >= 4 is 11.8 Å². The fourth-order valence-corrected chi connectivity index (χ4v) is 3.16. The average molecular weight is 283 g/mol. The highest BCUT2D eigenvalue weighted by atomic mass is 32.2. The molecule has 1 aliphatic carbocycles. The molecular weight excluding hydrogens is 258 g/mol. The van der Waals surface area contributed by atoms with E-state index in [-0.39, 0.29) is 12.1 Å². The molecule has 0 aliphatic heterocycles. The second-order valence-corrected chi connectivity index (χ2v) is 6.64. The summed E-state index contributed by atoms with van der Waals surface area (Å²) in [6.07, 6.45) is 6.59. The zero-order valence-electron chi connectivity index (χ0n) is 11.9. The highest BCUT2D eigenvalue weighted by Crippen LogP contribution is 2.31. The molecule has 1 aliphatic rings. The van der Waals surface area contributed by atoms with Crippen LogP contribution in [0.1, 0.15) is 44.1 Å². The van der Waals surface area contributed by atoms with Gasteiger partial charge in [-0.1, -0.05) is 6.92 Å². The molecule has 1 fully saturated rings. The predicted octanol–water partition coefficient (Wildman–Crippen LogP) is 3.17. The van der Waals surface area contributed by atoms with Crippen LogP contribution in [0.4, 0.5) is 0 Å². The van der Waals surface area contributed by atoms with Crippen LogP contribution in [0.5, 0.6) is 0 Å². The zero-order chi connectivity index (χ0) is 13.7. The van der Waals surface area contributed by atoms with Crippen molar-refractivity contribution in [3.63, 3.8) is 0 Å². The molecule has 1 aromatic heterocycles. The van der Waals surface area contributed by atoms with Crippen LogP contribution in [-0.4, -0.2) is 23.5 Å². The van der Waals surface area contributed by atoms with E-state index in [0.717, 1.165) is 36.0 Å². The van der Waals surface area contributed by atoms with Crippen molar-refractivity contribution in [1.29, 1.82) is 0 Å². The number of rotatable bonds is 6. The van der Waals surface area contributed by atoms with Crippen LogP contribution >= 0.6 is 11.8 Å². The van der Waals surface area contributed by atoms with Crippen molar-refractivity contribution < 1.29 is 9.52 Å². The minimum atomic E-state index is -0.0982. The predicted molar refractivity (Wildman–Crippen MR) is 80.2 cm³/mol. The van der Waals surface area contributed by atoms with E-state index in [2.05, 4.69) is 18.5 Å². The summed E-state index contributed by atoms with van der Waals surface area (Å²) in [5, 5.41) is 13.2. The molecule has 1 saturated carbocycles. The van der Waals surface area contributed by atoms with Gasteiger partial charge in [-0.2, -0.15) is 11.8 Å². The molecule has 19 heavy (non-hydrogen) atoms. The van der Waals surface area contributed by atoms with E-state index in [1.807, 2.05) is 12.1 Å². The number of thioether (sulfide) groups is 1. The summed E-state index contributed by atoms with van der Waals surface area (Å²) in [7, 11) is 0. The molecule has 0 amide bonds. The molecule has 0 atom stereocenters. The number of furan rings is 1. The highest BCUT2D eigenvalue weighted by Gasteiger charge is 2.33. The molecule has 3 nitrogen and oxygen atoms in total. The third-order valence-electron chi connectivity index (χ3n) is 4.18. The van der Waals surface area contributed by atoms with E-state index in [1.54, 1.807) is 11.8 Å². The van der Waals surface area contributed by atoms with E-state index in [0.29, 0.717) is 6.54 Å². The summed E-state index contributed by atoms with van der Waals surface area (Å²) in [6.45, 7) is 3.23. The van der Waals surface area contributed by atoms with Crippen molar-refractivity contribution in [1.82, 2.24) is 5.32 Å². The van der Waals surface area contributed by atoms with Gasteiger partial charge >= 0.3 is 0 Å². The van der Waals surface area contributed by atoms with E-state index in [9.17, 15) is 5.11 Å². The van der Waals surface area contributed by atoms with E-state index in [4.69, 9.17) is 4.42 Å². The lowest BCUT2D eigenvalue weighted by molar-refractivity contribution is 0.102. The average Bonchev–Trinajstić information content (AvgIpc) is 2.87. The maximum atomic E-state index is 9.70. The summed E-state index contributed by atoms with van der Waals surface area (Å²) in [5.41, 5.74) is -0.0982. The molecule has 0 aromatic carbocycles. The summed E-state index contributed by atoms with van der Waals surface area (Å²) in [4.78, 5) is 0. The maximum absolute atomic E-state index is 9.70. The van der Waals surface area contributed by atoms with Gasteiger partial charge in [-0.15, -0.1) is 0 Å². The lowest BCUT2D eigenvalue weighted by Crippen LogP contribution is -2.50. The van der Waals surface area contributed by atoms with E-state index >= 15 is 0 Å². The SMILES string of the molecule is CSCc1ccc(CNC2(CO)CCC(C)CC2)o1. The third-order valence-corrected chi connectivity index (χ3v) is 4.75. The van der Waals surface area contributed by atoms with Crippen LogP contribution in [-0.2, 0) is 12.3 Å². The van der Waals surface area contributed by atoms with Crippen LogP contribution in [0.2, 0.25) is 0 Å². The summed E-state index contributed by atoms with van der Waals surface area (Å²) >= 11 is 1.76. The fraction of sp³-hybridized carbons (Fsp3) is 0.733. The summed E-state index contributed by atoms with van der Waals surface area (Å²) in [6, 6.07) is 4.08. The Balaban J connectivity index is 1.88. The van der Waals surface area contributed by atoms with Gasteiger partial charge in [0.1, 0.15) is 11.5 Å². The normalized spacial score (nSPS) is 27.6. The molecule has 0 saturated heterocycles. The van der Waals surface area contributed by atoms with Crippen molar-refractivity contribution in [3.8, 4) is 0 Å². The summed E-state index contributed by atoms with van der Waals surface area (Å²) < 4.78 is 5.76.